The Balaban J connectivity index is 1.39. The Bertz CT molecular complexity index is 1320. The van der Waals surface area contributed by atoms with Crippen LogP contribution in [0.2, 0.25) is 0 Å². The number of ether oxygens (including phenoxy) is 1. The molecule has 0 fully saturated rings. The van der Waals surface area contributed by atoms with Crippen LogP contribution >= 0.6 is 0 Å². The third-order valence-corrected chi connectivity index (χ3v) is 6.97. The van der Waals surface area contributed by atoms with Crippen molar-refractivity contribution in [3.8, 4) is 5.75 Å². The van der Waals surface area contributed by atoms with Crippen LogP contribution in [-0.2, 0) is 35.4 Å². The molecule has 0 unspecified atom stereocenters. The number of rotatable bonds is 10. The van der Waals surface area contributed by atoms with E-state index in [1.807, 2.05) is 18.2 Å². The van der Waals surface area contributed by atoms with Gasteiger partial charge in [0.2, 0.25) is 5.91 Å². The Hall–Kier alpha value is -3.74. The molecule has 1 amide bonds. The largest absolute Gasteiger partial charge is 0.487 e. The van der Waals surface area contributed by atoms with E-state index in [0.717, 1.165) is 40.7 Å². The molecule has 3 aromatic rings. The maximum absolute atomic E-state index is 14.1. The van der Waals surface area contributed by atoms with Crippen molar-refractivity contribution in [2.24, 2.45) is 0 Å². The van der Waals surface area contributed by atoms with Crippen molar-refractivity contribution in [1.82, 2.24) is 4.90 Å². The van der Waals surface area contributed by atoms with Gasteiger partial charge in [-0.2, -0.15) is 0 Å². The van der Waals surface area contributed by atoms with Crippen LogP contribution in [0.1, 0.15) is 60.9 Å². The second kappa shape index (κ2) is 11.3. The lowest BCUT2D eigenvalue weighted by Crippen LogP contribution is -2.35. The fourth-order valence-electron chi connectivity index (χ4n) is 4.96. The average Bonchev–Trinajstić information content (AvgIpc) is 3.19. The van der Waals surface area contributed by atoms with Crippen molar-refractivity contribution >= 4 is 11.9 Å². The Labute approximate surface area is 222 Å². The fraction of sp³-hybridized carbons (Fsp3) is 0.355. The van der Waals surface area contributed by atoms with Gasteiger partial charge in [0.25, 0.3) is 0 Å². The summed E-state index contributed by atoms with van der Waals surface area (Å²) in [6, 6.07) is 18.1. The molecular weight excluding hydrogens is 488 g/mol. The molecule has 0 aromatic heterocycles. The topological polar surface area (TPSA) is 66.8 Å². The second-order valence-corrected chi connectivity index (χ2v) is 10.6. The van der Waals surface area contributed by atoms with Gasteiger partial charge in [0.15, 0.2) is 11.6 Å². The van der Waals surface area contributed by atoms with E-state index >= 15 is 0 Å². The highest BCUT2D eigenvalue weighted by molar-refractivity contribution is 5.81. The molecule has 3 aromatic carbocycles. The molecular formula is C31H33F2NO4. The number of fused-ring (bicyclic) bond motifs is 1. The number of amides is 1. The number of carbonyl (C=O) groups excluding carboxylic acids is 1. The van der Waals surface area contributed by atoms with Gasteiger partial charge in [-0.15, -0.1) is 0 Å². The number of aliphatic carboxylic acids is 1. The third kappa shape index (κ3) is 6.57. The molecule has 5 nitrogen and oxygen atoms in total. The summed E-state index contributed by atoms with van der Waals surface area (Å²) in [5.74, 6) is -2.46. The molecule has 0 spiro atoms. The van der Waals surface area contributed by atoms with Crippen molar-refractivity contribution in [2.45, 2.75) is 64.5 Å². The Morgan fingerprint density at radius 3 is 2.45 bits per heavy atom. The summed E-state index contributed by atoms with van der Waals surface area (Å²) in [6.45, 7) is 5.53. The predicted molar refractivity (Wildman–Crippen MR) is 141 cm³/mol. The molecule has 1 aliphatic rings. The quantitative estimate of drug-likeness (QED) is 0.352. The number of hydrogen-bond acceptors (Lipinski definition) is 3. The standard InChI is InChI=1S/C31H33F2NO4/c1-20(2)23-11-7-22(8-12-23)16-31(3)17-25-15-21(9-13-27(25)38-31)10-14-28(35)34(19-29(36)37)18-24-5-4-6-26(32)30(24)33/h4-9,11-13,15,20H,10,14,16-19H2,1-3H3,(H,36,37)/t31-/m0/s1. The van der Waals surface area contributed by atoms with Gasteiger partial charge >= 0.3 is 5.97 Å². The van der Waals surface area contributed by atoms with Gasteiger partial charge in [0.1, 0.15) is 17.9 Å². The van der Waals surface area contributed by atoms with E-state index in [1.165, 1.54) is 23.3 Å². The van der Waals surface area contributed by atoms with Crippen molar-refractivity contribution in [2.75, 3.05) is 6.54 Å². The number of carbonyl (C=O) groups is 2. The van der Waals surface area contributed by atoms with Gasteiger partial charge < -0.3 is 14.7 Å². The monoisotopic (exact) mass is 521 g/mol. The van der Waals surface area contributed by atoms with Crippen LogP contribution in [0.4, 0.5) is 8.78 Å². The molecule has 7 heteroatoms. The lowest BCUT2D eigenvalue weighted by atomic mass is 9.90. The maximum Gasteiger partial charge on any atom is 0.323 e. The highest BCUT2D eigenvalue weighted by Crippen LogP contribution is 2.38. The molecule has 0 saturated carbocycles. The van der Waals surface area contributed by atoms with Gasteiger partial charge in [-0.05, 0) is 53.6 Å². The van der Waals surface area contributed by atoms with Gasteiger partial charge in [-0.25, -0.2) is 8.78 Å². The van der Waals surface area contributed by atoms with Crippen LogP contribution in [0, 0.1) is 11.6 Å². The summed E-state index contributed by atoms with van der Waals surface area (Å²) in [5.41, 5.74) is 4.08. The highest BCUT2D eigenvalue weighted by atomic mass is 19.2. The number of halogens is 2. The zero-order valence-corrected chi connectivity index (χ0v) is 22.0. The smallest absolute Gasteiger partial charge is 0.323 e. The number of nitrogens with zero attached hydrogens (tertiary/aromatic N) is 1. The summed E-state index contributed by atoms with van der Waals surface area (Å²) in [6.07, 6.45) is 1.94. The van der Waals surface area contributed by atoms with E-state index in [1.54, 1.807) is 0 Å². The van der Waals surface area contributed by atoms with E-state index in [4.69, 9.17) is 4.74 Å². The molecule has 1 aliphatic heterocycles. The molecule has 0 radical (unpaired) electrons. The lowest BCUT2D eigenvalue weighted by Gasteiger charge is -2.24. The lowest BCUT2D eigenvalue weighted by molar-refractivity contribution is -0.144. The van der Waals surface area contributed by atoms with E-state index < -0.39 is 30.1 Å². The molecule has 1 atom stereocenters. The number of hydrogen-bond donors (Lipinski definition) is 1. The van der Waals surface area contributed by atoms with E-state index in [9.17, 15) is 23.5 Å². The molecule has 200 valence electrons. The van der Waals surface area contributed by atoms with Gasteiger partial charge in [0, 0.05) is 31.4 Å². The first kappa shape index (κ1) is 27.3. The van der Waals surface area contributed by atoms with Crippen LogP contribution in [0.3, 0.4) is 0 Å². The minimum Gasteiger partial charge on any atom is -0.487 e. The summed E-state index contributed by atoms with van der Waals surface area (Å²) < 4.78 is 34.0. The molecule has 0 saturated heterocycles. The minimum absolute atomic E-state index is 0.0450. The molecule has 1 heterocycles. The first-order valence-corrected chi connectivity index (χ1v) is 12.8. The second-order valence-electron chi connectivity index (χ2n) is 10.6. The number of carboxylic acid groups (broad SMARTS) is 1. The summed E-state index contributed by atoms with van der Waals surface area (Å²) >= 11 is 0. The van der Waals surface area contributed by atoms with E-state index in [0.29, 0.717) is 12.3 Å². The summed E-state index contributed by atoms with van der Waals surface area (Å²) in [5, 5.41) is 9.24. The van der Waals surface area contributed by atoms with E-state index in [-0.39, 0.29) is 24.1 Å². The van der Waals surface area contributed by atoms with Crippen LogP contribution in [0.5, 0.6) is 5.75 Å². The van der Waals surface area contributed by atoms with Crippen LogP contribution in [0.15, 0.2) is 60.7 Å². The highest BCUT2D eigenvalue weighted by Gasteiger charge is 2.35. The predicted octanol–water partition coefficient (Wildman–Crippen LogP) is 6.07. The third-order valence-electron chi connectivity index (χ3n) is 6.97. The first-order valence-electron chi connectivity index (χ1n) is 12.8. The van der Waals surface area contributed by atoms with Gasteiger partial charge in [-0.3, -0.25) is 9.59 Å². The number of aryl methyl sites for hydroxylation is 1. The van der Waals surface area contributed by atoms with Gasteiger partial charge in [-0.1, -0.05) is 62.4 Å². The van der Waals surface area contributed by atoms with Crippen LogP contribution in [0.25, 0.3) is 0 Å². The average molecular weight is 522 g/mol. The summed E-state index contributed by atoms with van der Waals surface area (Å²) in [7, 11) is 0. The summed E-state index contributed by atoms with van der Waals surface area (Å²) in [4.78, 5) is 25.2. The van der Waals surface area contributed by atoms with Gasteiger partial charge in [0.05, 0.1) is 0 Å². The van der Waals surface area contributed by atoms with Crippen molar-refractivity contribution in [3.63, 3.8) is 0 Å². The number of carboxylic acids is 1. The zero-order valence-electron chi connectivity index (χ0n) is 22.0. The molecule has 4 rings (SSSR count). The van der Waals surface area contributed by atoms with Crippen LogP contribution < -0.4 is 4.74 Å². The van der Waals surface area contributed by atoms with Crippen molar-refractivity contribution in [1.29, 1.82) is 0 Å². The van der Waals surface area contributed by atoms with Crippen LogP contribution in [-0.4, -0.2) is 34.0 Å². The Kier molecular flexibility index (Phi) is 8.14. The Morgan fingerprint density at radius 1 is 1.05 bits per heavy atom. The minimum atomic E-state index is -1.22. The molecule has 38 heavy (non-hydrogen) atoms. The van der Waals surface area contributed by atoms with E-state index in [2.05, 4.69) is 45.0 Å². The number of benzene rings is 3. The zero-order chi connectivity index (χ0) is 27.4. The Morgan fingerprint density at radius 2 is 1.76 bits per heavy atom. The van der Waals surface area contributed by atoms with Crippen molar-refractivity contribution < 1.29 is 28.2 Å². The molecule has 0 bridgehead atoms. The fourth-order valence-corrected chi connectivity index (χ4v) is 4.96. The molecule has 0 aliphatic carbocycles. The van der Waals surface area contributed by atoms with Crippen molar-refractivity contribution in [3.05, 3.63) is 100 Å². The maximum atomic E-state index is 14.1. The normalized spacial score (nSPS) is 16.3. The SMILES string of the molecule is CC(C)c1ccc(C[C@@]2(C)Cc3cc(CCC(=O)N(CC(=O)O)Cc4cccc(F)c4F)ccc3O2)cc1. The first-order chi connectivity index (χ1) is 18.0. The molecule has 1 N–H and O–H groups in total.